The molecule has 3 amide bonds. The summed E-state index contributed by atoms with van der Waals surface area (Å²) in [6, 6.07) is -0.335. The Bertz CT molecular complexity index is 373. The fourth-order valence-electron chi connectivity index (χ4n) is 1.60. The first-order valence-electron chi connectivity index (χ1n) is 5.14. The second kappa shape index (κ2) is 5.02. The maximum Gasteiger partial charge on any atom is 0.324 e. The van der Waals surface area contributed by atoms with Crippen LogP contribution in [0.2, 0.25) is 0 Å². The number of aromatic nitrogens is 2. The van der Waals surface area contributed by atoms with Crippen LogP contribution in [0.15, 0.2) is 5.38 Å². The van der Waals surface area contributed by atoms with Gasteiger partial charge in [0.1, 0.15) is 0 Å². The van der Waals surface area contributed by atoms with Crippen molar-refractivity contribution in [2.75, 3.05) is 13.1 Å². The number of urea groups is 1. The summed E-state index contributed by atoms with van der Waals surface area (Å²) in [6.45, 7) is 1.43. The van der Waals surface area contributed by atoms with E-state index in [1.165, 1.54) is 5.38 Å². The number of rotatable bonds is 1. The molecule has 1 aromatic rings. The van der Waals surface area contributed by atoms with Gasteiger partial charge in [-0.05, 0) is 30.8 Å². The van der Waals surface area contributed by atoms with Crippen LogP contribution in [0.5, 0.6) is 0 Å². The lowest BCUT2D eigenvalue weighted by molar-refractivity contribution is 0.0944. The lowest BCUT2D eigenvalue weighted by Gasteiger charge is -2.26. The number of carbonyl (C=O) groups is 2. The quantitative estimate of drug-likeness (QED) is 0.790. The Morgan fingerprint density at radius 1 is 1.31 bits per heavy atom. The number of nitrogens with zero attached hydrogens (tertiary/aromatic N) is 3. The van der Waals surface area contributed by atoms with E-state index in [4.69, 9.17) is 0 Å². The minimum Gasteiger partial charge on any atom is -0.324 e. The summed E-state index contributed by atoms with van der Waals surface area (Å²) in [7, 11) is 0. The zero-order valence-electron chi connectivity index (χ0n) is 8.68. The molecule has 0 unspecified atom stereocenters. The van der Waals surface area contributed by atoms with Gasteiger partial charge < -0.3 is 4.90 Å². The molecular formula is C9H12N4O2S. The van der Waals surface area contributed by atoms with E-state index in [0.29, 0.717) is 13.1 Å². The summed E-state index contributed by atoms with van der Waals surface area (Å²) in [5.41, 5.74) is 0.190. The van der Waals surface area contributed by atoms with E-state index in [0.717, 1.165) is 30.8 Å². The fourth-order valence-corrected chi connectivity index (χ4v) is 2.04. The van der Waals surface area contributed by atoms with Gasteiger partial charge in [-0.3, -0.25) is 10.1 Å². The predicted molar refractivity (Wildman–Crippen MR) is 58.2 cm³/mol. The van der Waals surface area contributed by atoms with Gasteiger partial charge in [-0.2, -0.15) is 0 Å². The fraction of sp³-hybridized carbons (Fsp3) is 0.556. The highest BCUT2D eigenvalue weighted by Crippen LogP contribution is 2.08. The van der Waals surface area contributed by atoms with E-state index in [1.807, 2.05) is 0 Å². The molecule has 1 saturated heterocycles. The molecule has 2 rings (SSSR count). The van der Waals surface area contributed by atoms with Crippen molar-refractivity contribution in [2.24, 2.45) is 0 Å². The van der Waals surface area contributed by atoms with Crippen LogP contribution < -0.4 is 5.32 Å². The van der Waals surface area contributed by atoms with Crippen molar-refractivity contribution < 1.29 is 9.59 Å². The first kappa shape index (κ1) is 11.0. The molecule has 6 nitrogen and oxygen atoms in total. The van der Waals surface area contributed by atoms with Gasteiger partial charge in [-0.1, -0.05) is 4.49 Å². The molecule has 1 aromatic heterocycles. The number of likely N-dealkylation sites (tertiary alicyclic amines) is 1. The zero-order valence-corrected chi connectivity index (χ0v) is 9.50. The molecule has 1 N–H and O–H groups in total. The van der Waals surface area contributed by atoms with Gasteiger partial charge in [0, 0.05) is 18.5 Å². The van der Waals surface area contributed by atoms with Crippen LogP contribution in [0.25, 0.3) is 0 Å². The Kier molecular flexibility index (Phi) is 3.45. The number of nitrogens with one attached hydrogen (secondary N) is 1. The van der Waals surface area contributed by atoms with E-state index in [-0.39, 0.29) is 11.7 Å². The monoisotopic (exact) mass is 240 g/mol. The van der Waals surface area contributed by atoms with Crippen molar-refractivity contribution in [3.05, 3.63) is 11.1 Å². The molecule has 0 aliphatic carbocycles. The van der Waals surface area contributed by atoms with E-state index in [1.54, 1.807) is 4.90 Å². The number of amides is 3. The lowest BCUT2D eigenvalue weighted by atomic mass is 10.1. The molecule has 1 aliphatic heterocycles. The van der Waals surface area contributed by atoms with Gasteiger partial charge in [-0.15, -0.1) is 5.10 Å². The van der Waals surface area contributed by atoms with Crippen LogP contribution in [0.3, 0.4) is 0 Å². The van der Waals surface area contributed by atoms with E-state index in [9.17, 15) is 9.59 Å². The third-order valence-electron chi connectivity index (χ3n) is 2.46. The van der Waals surface area contributed by atoms with E-state index < -0.39 is 5.91 Å². The molecule has 0 bridgehead atoms. The van der Waals surface area contributed by atoms with Crippen LogP contribution >= 0.6 is 11.5 Å². The third kappa shape index (κ3) is 2.54. The van der Waals surface area contributed by atoms with E-state index in [2.05, 4.69) is 14.9 Å². The van der Waals surface area contributed by atoms with Crippen LogP contribution in [-0.2, 0) is 0 Å². The summed E-state index contributed by atoms with van der Waals surface area (Å²) in [6.07, 6.45) is 3.15. The molecule has 2 heterocycles. The van der Waals surface area contributed by atoms with Crippen molar-refractivity contribution in [3.63, 3.8) is 0 Å². The summed E-state index contributed by atoms with van der Waals surface area (Å²) in [5.74, 6) is -0.482. The van der Waals surface area contributed by atoms with Crippen LogP contribution in [0, 0.1) is 0 Å². The lowest BCUT2D eigenvalue weighted by Crippen LogP contribution is -2.45. The first-order valence-corrected chi connectivity index (χ1v) is 5.98. The number of hydrogen-bond donors (Lipinski definition) is 1. The average molecular weight is 240 g/mol. The Balaban J connectivity index is 1.89. The Morgan fingerprint density at radius 2 is 2.06 bits per heavy atom. The largest absolute Gasteiger partial charge is 0.324 e. The maximum atomic E-state index is 11.7. The summed E-state index contributed by atoms with van der Waals surface area (Å²) >= 11 is 1.08. The minimum atomic E-state index is -0.482. The van der Waals surface area contributed by atoms with Crippen LogP contribution in [-0.4, -0.2) is 39.5 Å². The average Bonchev–Trinajstić information content (AvgIpc) is 2.83. The molecular weight excluding hydrogens is 228 g/mol. The van der Waals surface area contributed by atoms with Gasteiger partial charge in [-0.25, -0.2) is 4.79 Å². The van der Waals surface area contributed by atoms with Crippen molar-refractivity contribution in [1.29, 1.82) is 0 Å². The molecule has 1 aliphatic rings. The maximum absolute atomic E-state index is 11.7. The van der Waals surface area contributed by atoms with Gasteiger partial charge >= 0.3 is 6.03 Å². The molecule has 0 atom stereocenters. The third-order valence-corrected chi connectivity index (χ3v) is 2.96. The summed E-state index contributed by atoms with van der Waals surface area (Å²) in [5, 5.41) is 7.42. The van der Waals surface area contributed by atoms with Crippen molar-refractivity contribution in [2.45, 2.75) is 19.3 Å². The Labute approximate surface area is 96.8 Å². The summed E-state index contributed by atoms with van der Waals surface area (Å²) in [4.78, 5) is 24.8. The van der Waals surface area contributed by atoms with Gasteiger partial charge in [0.25, 0.3) is 5.91 Å². The number of hydrogen-bond acceptors (Lipinski definition) is 5. The van der Waals surface area contributed by atoms with Gasteiger partial charge in [0.05, 0.1) is 0 Å². The molecule has 0 spiro atoms. The van der Waals surface area contributed by atoms with Crippen molar-refractivity contribution in [3.8, 4) is 0 Å². The first-order chi connectivity index (χ1) is 7.77. The summed E-state index contributed by atoms with van der Waals surface area (Å²) < 4.78 is 3.57. The number of imide groups is 1. The second-order valence-corrected chi connectivity index (χ2v) is 4.21. The molecule has 0 radical (unpaired) electrons. The van der Waals surface area contributed by atoms with Gasteiger partial charge in [0.15, 0.2) is 5.69 Å². The topological polar surface area (TPSA) is 75.2 Å². The normalized spacial score (nSPS) is 15.9. The molecule has 16 heavy (non-hydrogen) atoms. The molecule has 7 heteroatoms. The molecule has 0 saturated carbocycles. The zero-order chi connectivity index (χ0) is 11.4. The molecule has 86 valence electrons. The molecule has 0 aromatic carbocycles. The highest BCUT2D eigenvalue weighted by atomic mass is 32.1. The smallest absolute Gasteiger partial charge is 0.324 e. The SMILES string of the molecule is O=C(NC(=O)N1CCCCC1)c1csnn1. The predicted octanol–water partition coefficient (Wildman–Crippen LogP) is 0.874. The van der Waals surface area contributed by atoms with Crippen molar-refractivity contribution >= 4 is 23.5 Å². The Hall–Kier alpha value is -1.50. The minimum absolute atomic E-state index is 0.190. The number of piperidine rings is 1. The van der Waals surface area contributed by atoms with Crippen LogP contribution in [0.4, 0.5) is 4.79 Å². The van der Waals surface area contributed by atoms with Crippen molar-refractivity contribution in [1.82, 2.24) is 19.8 Å². The molecule has 1 fully saturated rings. The van der Waals surface area contributed by atoms with E-state index >= 15 is 0 Å². The Morgan fingerprint density at radius 3 is 2.69 bits per heavy atom. The standard InChI is InChI=1S/C9H12N4O2S/c14-8(7-6-16-12-11-7)10-9(15)13-4-2-1-3-5-13/h6H,1-5H2,(H,10,14,15). The highest BCUT2D eigenvalue weighted by Gasteiger charge is 2.19. The number of carbonyl (C=O) groups excluding carboxylic acids is 2. The van der Waals surface area contributed by atoms with Crippen LogP contribution in [0.1, 0.15) is 29.8 Å². The second-order valence-electron chi connectivity index (χ2n) is 3.60. The van der Waals surface area contributed by atoms with Gasteiger partial charge in [0.2, 0.25) is 0 Å². The highest BCUT2D eigenvalue weighted by molar-refractivity contribution is 7.03.